The molecule has 3 rings (SSSR count). The Kier molecular flexibility index (Phi) is 6.42. The molecule has 2 aliphatic carbocycles. The minimum Gasteiger partial charge on any atom is -0.455 e. The highest BCUT2D eigenvalue weighted by Gasteiger charge is 2.41. The Morgan fingerprint density at radius 2 is 1.77 bits per heavy atom. The summed E-state index contributed by atoms with van der Waals surface area (Å²) in [5.41, 5.74) is 1.24. The molecule has 1 N–H and O–H groups in total. The van der Waals surface area contributed by atoms with E-state index in [4.69, 9.17) is 4.74 Å². The molecule has 2 atom stereocenters. The molecule has 2 bridgehead atoms. The first-order valence-corrected chi connectivity index (χ1v) is 9.64. The Hall–Kier alpha value is -2.17. The fraction of sp³-hybridized carbons (Fsp3) is 0.571. The predicted molar refractivity (Wildman–Crippen MR) is 97.3 cm³/mol. The topological polar surface area (TPSA) is 72.5 Å². The van der Waals surface area contributed by atoms with Crippen molar-refractivity contribution in [1.29, 1.82) is 0 Å². The van der Waals surface area contributed by atoms with Crippen molar-refractivity contribution in [3.63, 3.8) is 0 Å². The molecule has 1 amide bonds. The fourth-order valence-corrected chi connectivity index (χ4v) is 4.14. The van der Waals surface area contributed by atoms with E-state index in [-0.39, 0.29) is 36.2 Å². The van der Waals surface area contributed by atoms with Gasteiger partial charge in [-0.05, 0) is 44.1 Å². The molecule has 140 valence electrons. The number of ketones is 1. The minimum atomic E-state index is -0.325. The van der Waals surface area contributed by atoms with E-state index >= 15 is 0 Å². The summed E-state index contributed by atoms with van der Waals surface area (Å²) in [6, 6.07) is 10.1. The number of benzene rings is 1. The Balaban J connectivity index is 1.32. The smallest absolute Gasteiger partial charge is 0.309 e. The van der Waals surface area contributed by atoms with Crippen LogP contribution in [0.5, 0.6) is 0 Å². The van der Waals surface area contributed by atoms with Crippen molar-refractivity contribution in [3.8, 4) is 0 Å². The van der Waals surface area contributed by atoms with Gasteiger partial charge in [-0.25, -0.2) is 0 Å². The van der Waals surface area contributed by atoms with E-state index in [1.54, 1.807) is 0 Å². The average Bonchev–Trinajstić information content (AvgIpc) is 2.64. The van der Waals surface area contributed by atoms with Crippen molar-refractivity contribution in [2.75, 3.05) is 13.2 Å². The number of carbonyl (C=O) groups is 3. The van der Waals surface area contributed by atoms with E-state index < -0.39 is 0 Å². The van der Waals surface area contributed by atoms with Gasteiger partial charge in [0.15, 0.2) is 6.61 Å². The molecule has 2 aliphatic rings. The van der Waals surface area contributed by atoms with E-state index in [2.05, 4.69) is 17.4 Å². The second-order valence-corrected chi connectivity index (χ2v) is 7.44. The van der Waals surface area contributed by atoms with Crippen LogP contribution in [-0.2, 0) is 25.5 Å². The van der Waals surface area contributed by atoms with Crippen LogP contribution < -0.4 is 5.32 Å². The summed E-state index contributed by atoms with van der Waals surface area (Å²) in [4.78, 5) is 36.2. The molecule has 26 heavy (non-hydrogen) atoms. The number of fused-ring (bicyclic) bond motifs is 2. The maximum Gasteiger partial charge on any atom is 0.309 e. The first-order valence-electron chi connectivity index (χ1n) is 9.64. The van der Waals surface area contributed by atoms with E-state index in [9.17, 15) is 14.4 Å². The van der Waals surface area contributed by atoms with Crippen LogP contribution in [0.4, 0.5) is 0 Å². The highest BCUT2D eigenvalue weighted by Crippen LogP contribution is 2.40. The van der Waals surface area contributed by atoms with Gasteiger partial charge in [0.2, 0.25) is 0 Å². The average molecular weight is 357 g/mol. The largest absolute Gasteiger partial charge is 0.455 e. The van der Waals surface area contributed by atoms with Crippen LogP contribution in [0.25, 0.3) is 0 Å². The lowest BCUT2D eigenvalue weighted by molar-refractivity contribution is -0.156. The Morgan fingerprint density at radius 1 is 1.08 bits per heavy atom. The number of carbonyl (C=O) groups excluding carboxylic acids is 3. The van der Waals surface area contributed by atoms with Crippen molar-refractivity contribution in [3.05, 3.63) is 35.9 Å². The molecule has 0 heterocycles. The van der Waals surface area contributed by atoms with Crippen LogP contribution in [0.3, 0.4) is 0 Å². The van der Waals surface area contributed by atoms with Crippen molar-refractivity contribution >= 4 is 17.7 Å². The normalized spacial score (nSPS) is 24.8. The van der Waals surface area contributed by atoms with Crippen LogP contribution in [0.15, 0.2) is 30.3 Å². The molecule has 0 spiro atoms. The number of amides is 1. The van der Waals surface area contributed by atoms with Gasteiger partial charge in [0.05, 0.1) is 5.92 Å². The zero-order valence-electron chi connectivity index (χ0n) is 15.1. The third-order valence-corrected chi connectivity index (χ3v) is 5.53. The number of rotatable bonds is 7. The number of nitrogens with one attached hydrogen (secondary N) is 1. The summed E-state index contributed by atoms with van der Waals surface area (Å²) in [5.74, 6) is -0.448. The van der Waals surface area contributed by atoms with Gasteiger partial charge in [0, 0.05) is 18.4 Å². The van der Waals surface area contributed by atoms with Crippen molar-refractivity contribution in [1.82, 2.24) is 5.32 Å². The molecular formula is C21H27NO4. The molecule has 0 radical (unpaired) electrons. The maximum atomic E-state index is 12.2. The Bertz CT molecular complexity index is 627. The van der Waals surface area contributed by atoms with Crippen LogP contribution in [0.1, 0.15) is 44.1 Å². The molecule has 2 saturated carbocycles. The molecule has 2 unspecified atom stereocenters. The van der Waals surface area contributed by atoms with Gasteiger partial charge in [-0.1, -0.05) is 36.8 Å². The van der Waals surface area contributed by atoms with Gasteiger partial charge in [0.1, 0.15) is 5.78 Å². The van der Waals surface area contributed by atoms with Crippen molar-refractivity contribution in [2.24, 2.45) is 17.8 Å². The van der Waals surface area contributed by atoms with Gasteiger partial charge < -0.3 is 10.1 Å². The summed E-state index contributed by atoms with van der Waals surface area (Å²) in [5, 5.41) is 2.79. The standard InChI is InChI=1S/C21H27NO4/c23-19(22-11-5-8-15-6-2-1-3-7-15)14-26-21(25)18-12-16-9-4-10-17(13-18)20(16)24/h1-3,6-7,16-18H,4-5,8-14H2,(H,22,23). The van der Waals surface area contributed by atoms with Crippen LogP contribution in [0.2, 0.25) is 0 Å². The predicted octanol–water partition coefficient (Wildman–Crippen LogP) is 2.67. The van der Waals surface area contributed by atoms with Gasteiger partial charge in [0.25, 0.3) is 5.91 Å². The number of esters is 1. The molecule has 1 aromatic rings. The van der Waals surface area contributed by atoms with E-state index in [0.717, 1.165) is 32.1 Å². The second kappa shape index (κ2) is 8.97. The lowest BCUT2D eigenvalue weighted by Gasteiger charge is -2.36. The molecule has 5 nitrogen and oxygen atoms in total. The lowest BCUT2D eigenvalue weighted by Crippen LogP contribution is -2.40. The maximum absolute atomic E-state index is 12.2. The van der Waals surface area contributed by atoms with Gasteiger partial charge in [-0.3, -0.25) is 14.4 Å². The summed E-state index contributed by atoms with van der Waals surface area (Å²) in [6.07, 6.45) is 5.79. The van der Waals surface area contributed by atoms with E-state index in [1.807, 2.05) is 18.2 Å². The quantitative estimate of drug-likeness (QED) is 0.601. The zero-order valence-corrected chi connectivity index (χ0v) is 15.1. The van der Waals surface area contributed by atoms with Crippen LogP contribution in [-0.4, -0.2) is 30.8 Å². The second-order valence-electron chi connectivity index (χ2n) is 7.44. The molecular weight excluding hydrogens is 330 g/mol. The Morgan fingerprint density at radius 3 is 2.46 bits per heavy atom. The summed E-state index contributed by atoms with van der Waals surface area (Å²) < 4.78 is 5.20. The van der Waals surface area contributed by atoms with Gasteiger partial charge in [-0.15, -0.1) is 0 Å². The molecule has 0 aromatic heterocycles. The number of hydrogen-bond acceptors (Lipinski definition) is 4. The number of Topliss-reactive ketones (excluding diaryl/α,β-unsaturated/α-hetero) is 1. The molecule has 5 heteroatoms. The third kappa shape index (κ3) is 4.93. The minimum absolute atomic E-state index is 0.0202. The third-order valence-electron chi connectivity index (χ3n) is 5.53. The van der Waals surface area contributed by atoms with Crippen LogP contribution in [0, 0.1) is 17.8 Å². The molecule has 0 saturated heterocycles. The fourth-order valence-electron chi connectivity index (χ4n) is 4.14. The van der Waals surface area contributed by atoms with Crippen LogP contribution >= 0.6 is 0 Å². The molecule has 0 aliphatic heterocycles. The van der Waals surface area contributed by atoms with E-state index in [1.165, 1.54) is 5.56 Å². The highest BCUT2D eigenvalue weighted by molar-refractivity contribution is 5.87. The zero-order chi connectivity index (χ0) is 18.4. The summed E-state index contributed by atoms with van der Waals surface area (Å²) in [7, 11) is 0. The number of ether oxygens (including phenoxy) is 1. The lowest BCUT2D eigenvalue weighted by atomic mass is 9.67. The van der Waals surface area contributed by atoms with E-state index in [0.29, 0.717) is 25.2 Å². The molecule has 2 fully saturated rings. The number of aryl methyl sites for hydroxylation is 1. The highest BCUT2D eigenvalue weighted by atomic mass is 16.5. The SMILES string of the molecule is O=C(COC(=O)C1CC2CCCC(C1)C2=O)NCCCc1ccccc1. The first-order chi connectivity index (χ1) is 12.6. The monoisotopic (exact) mass is 357 g/mol. The molecule has 1 aromatic carbocycles. The van der Waals surface area contributed by atoms with Gasteiger partial charge in [-0.2, -0.15) is 0 Å². The van der Waals surface area contributed by atoms with Gasteiger partial charge >= 0.3 is 5.97 Å². The first kappa shape index (κ1) is 18.6. The summed E-state index contributed by atoms with van der Waals surface area (Å²) in [6.45, 7) is 0.331. The Labute approximate surface area is 154 Å². The van der Waals surface area contributed by atoms with Crippen molar-refractivity contribution < 1.29 is 19.1 Å². The summed E-state index contributed by atoms with van der Waals surface area (Å²) >= 11 is 0. The number of hydrogen-bond donors (Lipinski definition) is 1. The van der Waals surface area contributed by atoms with Crippen molar-refractivity contribution in [2.45, 2.75) is 44.9 Å².